The van der Waals surface area contributed by atoms with Crippen LogP contribution in [-0.4, -0.2) is 6.54 Å². The summed E-state index contributed by atoms with van der Waals surface area (Å²) in [4.78, 5) is 0. The lowest BCUT2D eigenvalue weighted by molar-refractivity contribution is 0.519. The van der Waals surface area contributed by atoms with Gasteiger partial charge in [0.15, 0.2) is 0 Å². The number of benzene rings is 2. The minimum atomic E-state index is 0.181. The molecule has 2 heteroatoms. The van der Waals surface area contributed by atoms with Gasteiger partial charge in [0.2, 0.25) is 0 Å². The van der Waals surface area contributed by atoms with Crippen LogP contribution in [0.3, 0.4) is 0 Å². The molecule has 3 rings (SSSR count). The second-order valence-corrected chi connectivity index (χ2v) is 6.18. The molecule has 18 heavy (non-hydrogen) atoms. The third-order valence-electron chi connectivity index (χ3n) is 3.74. The van der Waals surface area contributed by atoms with Crippen LogP contribution in [0.2, 0.25) is 0 Å². The average molecular weight is 302 g/mol. The summed E-state index contributed by atoms with van der Waals surface area (Å²) in [5, 5.41) is 3.52. The van der Waals surface area contributed by atoms with Crippen molar-refractivity contribution in [1.29, 1.82) is 0 Å². The van der Waals surface area contributed by atoms with Crippen LogP contribution < -0.4 is 5.32 Å². The Bertz CT molecular complexity index is 565. The van der Waals surface area contributed by atoms with E-state index in [1.165, 1.54) is 16.8 Å². The molecule has 0 radical (unpaired) electrons. The molecule has 0 amide bonds. The third kappa shape index (κ3) is 2.05. The molecule has 0 saturated carbocycles. The third-order valence-corrected chi connectivity index (χ3v) is 4.23. The Morgan fingerprint density at radius 2 is 1.94 bits per heavy atom. The first kappa shape index (κ1) is 11.8. The lowest BCUT2D eigenvalue weighted by Gasteiger charge is -2.24. The van der Waals surface area contributed by atoms with Gasteiger partial charge in [-0.2, -0.15) is 0 Å². The van der Waals surface area contributed by atoms with Crippen LogP contribution in [0.5, 0.6) is 0 Å². The van der Waals surface area contributed by atoms with Gasteiger partial charge in [0.25, 0.3) is 0 Å². The minimum Gasteiger partial charge on any atom is -0.384 e. The van der Waals surface area contributed by atoms with Gasteiger partial charge in [-0.3, -0.25) is 0 Å². The van der Waals surface area contributed by atoms with Crippen LogP contribution in [0, 0.1) is 0 Å². The Balaban J connectivity index is 1.96. The van der Waals surface area contributed by atoms with Gasteiger partial charge < -0.3 is 5.32 Å². The Morgan fingerprint density at radius 3 is 2.72 bits per heavy atom. The molecule has 92 valence electrons. The van der Waals surface area contributed by atoms with E-state index in [4.69, 9.17) is 0 Å². The van der Waals surface area contributed by atoms with E-state index in [9.17, 15) is 0 Å². The first-order valence-electron chi connectivity index (χ1n) is 6.25. The quantitative estimate of drug-likeness (QED) is 0.868. The van der Waals surface area contributed by atoms with Crippen molar-refractivity contribution in [3.8, 4) is 0 Å². The van der Waals surface area contributed by atoms with E-state index in [1.54, 1.807) is 0 Å². The highest BCUT2D eigenvalue weighted by Crippen LogP contribution is 2.40. The highest BCUT2D eigenvalue weighted by molar-refractivity contribution is 9.10. The summed E-state index contributed by atoms with van der Waals surface area (Å²) in [5.74, 6) is 0. The first-order chi connectivity index (χ1) is 8.67. The molecular formula is C16H16BrN. The standard InChI is InChI=1S/C16H16BrN/c1-16(10-12-5-3-2-4-6-12)11-18-15-8-7-13(17)9-14(15)16/h2-9,18H,10-11H2,1H3. The maximum absolute atomic E-state index is 3.57. The van der Waals surface area contributed by atoms with Crippen molar-refractivity contribution in [2.45, 2.75) is 18.8 Å². The van der Waals surface area contributed by atoms with Gasteiger partial charge in [0.1, 0.15) is 0 Å². The predicted molar refractivity (Wildman–Crippen MR) is 80.1 cm³/mol. The number of hydrogen-bond acceptors (Lipinski definition) is 1. The van der Waals surface area contributed by atoms with Gasteiger partial charge >= 0.3 is 0 Å². The fourth-order valence-electron chi connectivity index (χ4n) is 2.76. The number of hydrogen-bond donors (Lipinski definition) is 1. The molecule has 1 aliphatic rings. The normalized spacial score (nSPS) is 21.4. The number of nitrogens with one attached hydrogen (secondary N) is 1. The largest absolute Gasteiger partial charge is 0.384 e. The molecule has 1 aliphatic heterocycles. The molecule has 2 aromatic rings. The van der Waals surface area contributed by atoms with E-state index in [0.29, 0.717) is 0 Å². The molecule has 1 heterocycles. The zero-order chi connectivity index (χ0) is 12.6. The van der Waals surface area contributed by atoms with Crippen molar-refractivity contribution in [3.05, 3.63) is 64.1 Å². The summed E-state index contributed by atoms with van der Waals surface area (Å²) in [6, 6.07) is 17.2. The van der Waals surface area contributed by atoms with E-state index < -0.39 is 0 Å². The first-order valence-corrected chi connectivity index (χ1v) is 7.04. The number of anilines is 1. The highest BCUT2D eigenvalue weighted by Gasteiger charge is 2.34. The van der Waals surface area contributed by atoms with Gasteiger partial charge in [-0.15, -0.1) is 0 Å². The van der Waals surface area contributed by atoms with Crippen LogP contribution in [0.1, 0.15) is 18.1 Å². The van der Waals surface area contributed by atoms with Crippen molar-refractivity contribution in [2.24, 2.45) is 0 Å². The summed E-state index contributed by atoms with van der Waals surface area (Å²) in [7, 11) is 0. The maximum atomic E-state index is 3.57. The highest BCUT2D eigenvalue weighted by atomic mass is 79.9. The smallest absolute Gasteiger partial charge is 0.0380 e. The van der Waals surface area contributed by atoms with E-state index >= 15 is 0 Å². The van der Waals surface area contributed by atoms with Gasteiger partial charge in [0, 0.05) is 22.1 Å². The topological polar surface area (TPSA) is 12.0 Å². The zero-order valence-corrected chi connectivity index (χ0v) is 12.0. The average Bonchev–Trinajstić information content (AvgIpc) is 2.68. The van der Waals surface area contributed by atoms with E-state index in [0.717, 1.165) is 17.4 Å². The Labute approximate surface area is 116 Å². The van der Waals surface area contributed by atoms with Gasteiger partial charge in [-0.1, -0.05) is 53.2 Å². The van der Waals surface area contributed by atoms with Crippen molar-refractivity contribution >= 4 is 21.6 Å². The molecule has 2 aromatic carbocycles. The van der Waals surface area contributed by atoms with Gasteiger partial charge in [0.05, 0.1) is 0 Å². The number of fused-ring (bicyclic) bond motifs is 1. The molecule has 0 aliphatic carbocycles. The zero-order valence-electron chi connectivity index (χ0n) is 10.4. The number of halogens is 1. The molecule has 0 aromatic heterocycles. The van der Waals surface area contributed by atoms with Crippen LogP contribution in [0.4, 0.5) is 5.69 Å². The maximum Gasteiger partial charge on any atom is 0.0380 e. The molecule has 1 atom stereocenters. The molecule has 0 saturated heterocycles. The summed E-state index contributed by atoms with van der Waals surface area (Å²) < 4.78 is 1.16. The molecule has 1 nitrogen and oxygen atoms in total. The van der Waals surface area contributed by atoms with Crippen LogP contribution in [0.15, 0.2) is 53.0 Å². The lowest BCUT2D eigenvalue weighted by Crippen LogP contribution is -2.27. The number of rotatable bonds is 2. The summed E-state index contributed by atoms with van der Waals surface area (Å²) >= 11 is 3.57. The van der Waals surface area contributed by atoms with Crippen molar-refractivity contribution < 1.29 is 0 Å². The molecular weight excluding hydrogens is 286 g/mol. The minimum absolute atomic E-state index is 0.181. The van der Waals surface area contributed by atoms with E-state index in [1.807, 2.05) is 0 Å². The van der Waals surface area contributed by atoms with Crippen LogP contribution in [-0.2, 0) is 11.8 Å². The SMILES string of the molecule is CC1(Cc2ccccc2)CNc2ccc(Br)cc21. The van der Waals surface area contributed by atoms with E-state index in [-0.39, 0.29) is 5.41 Å². The molecule has 0 spiro atoms. The molecule has 0 fully saturated rings. The van der Waals surface area contributed by atoms with Crippen molar-refractivity contribution in [2.75, 3.05) is 11.9 Å². The molecule has 0 bridgehead atoms. The summed E-state index contributed by atoms with van der Waals surface area (Å²) in [6.45, 7) is 3.35. The second kappa shape index (κ2) is 4.43. The monoisotopic (exact) mass is 301 g/mol. The Morgan fingerprint density at radius 1 is 1.17 bits per heavy atom. The van der Waals surface area contributed by atoms with Crippen LogP contribution in [0.25, 0.3) is 0 Å². The van der Waals surface area contributed by atoms with Crippen LogP contribution >= 0.6 is 15.9 Å². The fourth-order valence-corrected chi connectivity index (χ4v) is 3.12. The Hall–Kier alpha value is -1.28. The summed E-state index contributed by atoms with van der Waals surface area (Å²) in [5.41, 5.74) is 4.27. The summed E-state index contributed by atoms with van der Waals surface area (Å²) in [6.07, 6.45) is 1.07. The second-order valence-electron chi connectivity index (χ2n) is 5.27. The van der Waals surface area contributed by atoms with E-state index in [2.05, 4.69) is 76.7 Å². The lowest BCUT2D eigenvalue weighted by atomic mass is 9.79. The Kier molecular flexibility index (Phi) is 2.90. The molecule has 1 unspecified atom stereocenters. The van der Waals surface area contributed by atoms with Gasteiger partial charge in [-0.05, 0) is 35.7 Å². The fraction of sp³-hybridized carbons (Fsp3) is 0.250. The predicted octanol–water partition coefficient (Wildman–Crippen LogP) is 4.38. The van der Waals surface area contributed by atoms with Crippen molar-refractivity contribution in [1.82, 2.24) is 0 Å². The van der Waals surface area contributed by atoms with Gasteiger partial charge in [-0.25, -0.2) is 0 Å². The van der Waals surface area contributed by atoms with Crippen molar-refractivity contribution in [3.63, 3.8) is 0 Å². The molecule has 1 N–H and O–H groups in total.